The van der Waals surface area contributed by atoms with E-state index in [1.165, 1.54) is 0 Å². The summed E-state index contributed by atoms with van der Waals surface area (Å²) in [7, 11) is 3.25. The molecule has 0 rings (SSSR count). The van der Waals surface area contributed by atoms with Gasteiger partial charge < -0.3 is 16.4 Å². The Kier molecular flexibility index (Phi) is 47.9. The van der Waals surface area contributed by atoms with E-state index >= 15 is 0 Å². The topological polar surface area (TPSA) is 49.7 Å². The fourth-order valence-corrected chi connectivity index (χ4v) is 0. The molecule has 0 unspecified atom stereocenters. The van der Waals surface area contributed by atoms with Gasteiger partial charge in [-0.25, -0.2) is 0 Å². The van der Waals surface area contributed by atoms with Crippen LogP contribution in [-0.2, 0) is 4.74 Å². The summed E-state index contributed by atoms with van der Waals surface area (Å²) in [5.74, 6) is 0. The molecule has 0 aliphatic carbocycles. The summed E-state index contributed by atoms with van der Waals surface area (Å²) < 4.78 is 4.25. The molecule has 3 nitrogen and oxygen atoms in total. The Bertz CT molecular complexity index is 23.3. The number of hydrogen-bond donors (Lipinski definition) is 2. The number of rotatable bonds is 1. The van der Waals surface area contributed by atoms with Crippen molar-refractivity contribution >= 4 is 0 Å². The largest absolute Gasteiger partial charge is 1.00 e. The summed E-state index contributed by atoms with van der Waals surface area (Å²) in [6, 6.07) is 0. The minimum atomic E-state index is -0.125. The van der Waals surface area contributed by atoms with Crippen molar-refractivity contribution in [2.75, 3.05) is 27.4 Å². The van der Waals surface area contributed by atoms with E-state index in [4.69, 9.17) is 10.2 Å². The third kappa shape index (κ3) is 50.4. The predicted molar refractivity (Wildman–Crippen MR) is 28.2 cm³/mol. The van der Waals surface area contributed by atoms with Crippen molar-refractivity contribution in [3.05, 3.63) is 0 Å². The van der Waals surface area contributed by atoms with Crippen LogP contribution in [0.3, 0.4) is 0 Å². The molecule has 0 atom stereocenters. The van der Waals surface area contributed by atoms with Crippen molar-refractivity contribution in [2.24, 2.45) is 0 Å². The first-order valence-corrected chi connectivity index (χ1v) is 1.95. The van der Waals surface area contributed by atoms with Gasteiger partial charge in [-0.05, 0) is 0 Å². The number of ether oxygens (including phenoxy) is 1. The molecular formula is C4H13KO3. The first kappa shape index (κ1) is 16.3. The molecule has 4 heteroatoms. The monoisotopic (exact) mass is 148 g/mol. The van der Waals surface area contributed by atoms with Crippen LogP contribution in [0.4, 0.5) is 0 Å². The molecule has 0 aliphatic heterocycles. The van der Waals surface area contributed by atoms with Crippen molar-refractivity contribution in [1.29, 1.82) is 0 Å². The standard InChI is InChI=1S/C2H6O2.C2H6O.K.H/c3-1-2-4;1-3-2;;/h3-4H,1-2H2;1-2H3;;/q;;+1;-1. The molecule has 0 radical (unpaired) electrons. The molecule has 2 N–H and O–H groups in total. The van der Waals surface area contributed by atoms with Crippen LogP contribution in [0.2, 0.25) is 0 Å². The molecule has 48 valence electrons. The van der Waals surface area contributed by atoms with Crippen LogP contribution >= 0.6 is 0 Å². The van der Waals surface area contributed by atoms with E-state index in [-0.39, 0.29) is 66.0 Å². The Balaban J connectivity index is -0.0000000233. The maximum atomic E-state index is 7.62. The zero-order chi connectivity index (χ0) is 6.12. The van der Waals surface area contributed by atoms with Gasteiger partial charge in [-0.1, -0.05) is 0 Å². The summed E-state index contributed by atoms with van der Waals surface area (Å²) in [6.45, 7) is -0.250. The molecule has 0 spiro atoms. The van der Waals surface area contributed by atoms with Crippen molar-refractivity contribution < 1.29 is 67.8 Å². The van der Waals surface area contributed by atoms with Crippen molar-refractivity contribution in [3.8, 4) is 0 Å². The van der Waals surface area contributed by atoms with E-state index in [1.54, 1.807) is 14.2 Å². The van der Waals surface area contributed by atoms with Gasteiger partial charge in [0, 0.05) is 14.2 Å². The van der Waals surface area contributed by atoms with Gasteiger partial charge in [-0.3, -0.25) is 0 Å². The minimum Gasteiger partial charge on any atom is -1.00 e. The van der Waals surface area contributed by atoms with Gasteiger partial charge in [0.05, 0.1) is 13.2 Å². The van der Waals surface area contributed by atoms with E-state index < -0.39 is 0 Å². The van der Waals surface area contributed by atoms with Crippen LogP contribution in [0.5, 0.6) is 0 Å². The summed E-state index contributed by atoms with van der Waals surface area (Å²) in [6.07, 6.45) is 0. The number of methoxy groups -OCH3 is 1. The van der Waals surface area contributed by atoms with Crippen molar-refractivity contribution in [3.63, 3.8) is 0 Å². The summed E-state index contributed by atoms with van der Waals surface area (Å²) in [5.41, 5.74) is 0. The normalized spacial score (nSPS) is 6.00. The zero-order valence-electron chi connectivity index (χ0n) is 6.72. The number of hydrogen-bond acceptors (Lipinski definition) is 3. The molecule has 0 saturated carbocycles. The van der Waals surface area contributed by atoms with E-state index in [9.17, 15) is 0 Å². The third-order valence-electron chi connectivity index (χ3n) is 0.1000. The summed E-state index contributed by atoms with van der Waals surface area (Å²) in [5, 5.41) is 15.2. The third-order valence-corrected chi connectivity index (χ3v) is 0.1000. The zero-order valence-corrected chi connectivity index (χ0v) is 8.84. The molecule has 8 heavy (non-hydrogen) atoms. The van der Waals surface area contributed by atoms with Gasteiger partial charge in [-0.2, -0.15) is 0 Å². The van der Waals surface area contributed by atoms with Gasteiger partial charge in [0.15, 0.2) is 0 Å². The van der Waals surface area contributed by atoms with Gasteiger partial charge in [0.2, 0.25) is 0 Å². The summed E-state index contributed by atoms with van der Waals surface area (Å²) in [4.78, 5) is 0. The van der Waals surface area contributed by atoms with E-state index in [1.807, 2.05) is 0 Å². The number of aliphatic hydroxyl groups is 2. The quantitative estimate of drug-likeness (QED) is 0.377. The van der Waals surface area contributed by atoms with Gasteiger partial charge in [0.25, 0.3) is 0 Å². The van der Waals surface area contributed by atoms with Gasteiger partial charge in [0.1, 0.15) is 0 Å². The Labute approximate surface area is 93.9 Å². The molecule has 0 bridgehead atoms. The summed E-state index contributed by atoms with van der Waals surface area (Å²) >= 11 is 0. The maximum absolute atomic E-state index is 7.62. The predicted octanol–water partition coefficient (Wildman–Crippen LogP) is -3.65. The molecule has 0 heterocycles. The van der Waals surface area contributed by atoms with Crippen LogP contribution in [0.15, 0.2) is 0 Å². The fraction of sp³-hybridized carbons (Fsp3) is 1.00. The average Bonchev–Trinajstić information content (AvgIpc) is 1.69. The van der Waals surface area contributed by atoms with E-state index in [2.05, 4.69) is 4.74 Å². The van der Waals surface area contributed by atoms with Crippen LogP contribution < -0.4 is 51.4 Å². The Hall–Kier alpha value is 1.52. The minimum absolute atomic E-state index is 0. The van der Waals surface area contributed by atoms with Crippen LogP contribution in [0, 0.1) is 0 Å². The van der Waals surface area contributed by atoms with Gasteiger partial charge in [-0.15, -0.1) is 0 Å². The second-order valence-electron chi connectivity index (χ2n) is 0.855. The SMILES string of the molecule is COC.OCCO.[H-].[K+]. The molecular weight excluding hydrogens is 135 g/mol. The average molecular weight is 148 g/mol. The first-order valence-electron chi connectivity index (χ1n) is 1.95. The van der Waals surface area contributed by atoms with E-state index in [0.717, 1.165) is 0 Å². The smallest absolute Gasteiger partial charge is 1.00 e. The molecule has 0 aromatic carbocycles. The molecule has 0 aromatic rings. The maximum Gasteiger partial charge on any atom is 1.00 e. The molecule has 0 saturated heterocycles. The fourth-order valence-electron chi connectivity index (χ4n) is 0. The van der Waals surface area contributed by atoms with Crippen LogP contribution in [-0.4, -0.2) is 37.6 Å². The Morgan fingerprint density at radius 2 is 1.38 bits per heavy atom. The number of aliphatic hydroxyl groups excluding tert-OH is 2. The van der Waals surface area contributed by atoms with E-state index in [0.29, 0.717) is 0 Å². The second kappa shape index (κ2) is 23.6. The first-order chi connectivity index (χ1) is 3.33. The molecule has 0 fully saturated rings. The van der Waals surface area contributed by atoms with Crippen LogP contribution in [0.25, 0.3) is 0 Å². The molecule has 0 aromatic heterocycles. The van der Waals surface area contributed by atoms with Crippen molar-refractivity contribution in [1.82, 2.24) is 0 Å². The molecule has 0 amide bonds. The second-order valence-corrected chi connectivity index (χ2v) is 0.855. The van der Waals surface area contributed by atoms with Gasteiger partial charge >= 0.3 is 51.4 Å². The van der Waals surface area contributed by atoms with Crippen molar-refractivity contribution in [2.45, 2.75) is 0 Å². The van der Waals surface area contributed by atoms with Crippen LogP contribution in [0.1, 0.15) is 1.43 Å². The molecule has 0 aliphatic rings. The Morgan fingerprint density at radius 3 is 1.38 bits per heavy atom. The Morgan fingerprint density at radius 1 is 1.25 bits per heavy atom.